The van der Waals surface area contributed by atoms with E-state index in [1.807, 2.05) is 0 Å². The van der Waals surface area contributed by atoms with Crippen LogP contribution < -0.4 is 5.11 Å². The van der Waals surface area contributed by atoms with E-state index in [4.69, 9.17) is 14.2 Å². The Morgan fingerprint density at radius 1 is 0.517 bits per heavy atom. The second kappa shape index (κ2) is 42.2. The van der Waals surface area contributed by atoms with Gasteiger partial charge in [0.1, 0.15) is 12.6 Å². The number of allylic oxidation sites excluding steroid dienone is 14. The summed E-state index contributed by atoms with van der Waals surface area (Å²) in [5.41, 5.74) is 0. The van der Waals surface area contributed by atoms with E-state index in [2.05, 4.69) is 98.9 Å². The van der Waals surface area contributed by atoms with Gasteiger partial charge >= 0.3 is 11.9 Å². The molecule has 0 bridgehead atoms. The molecule has 2 atom stereocenters. The zero-order chi connectivity index (χ0) is 44.2. The Hall–Kier alpha value is -3.49. The van der Waals surface area contributed by atoms with Crippen molar-refractivity contribution in [3.05, 3.63) is 85.1 Å². The molecule has 0 aromatic heterocycles. The lowest BCUT2D eigenvalue weighted by molar-refractivity contribution is -0.889. The minimum absolute atomic E-state index is 0.0218. The summed E-state index contributed by atoms with van der Waals surface area (Å²) in [6.45, 7) is 4.48. The molecule has 0 amide bonds. The Morgan fingerprint density at radius 3 is 1.42 bits per heavy atom. The molecule has 8 nitrogen and oxygen atoms in total. The minimum Gasteiger partial charge on any atom is -0.544 e. The van der Waals surface area contributed by atoms with E-state index in [0.29, 0.717) is 12.8 Å². The van der Waals surface area contributed by atoms with Crippen LogP contribution in [0, 0.1) is 0 Å². The summed E-state index contributed by atoms with van der Waals surface area (Å²) in [6.07, 6.45) is 54.7. The van der Waals surface area contributed by atoms with Gasteiger partial charge in [-0.25, -0.2) is 0 Å². The topological polar surface area (TPSA) is 102 Å². The number of carboxylic acid groups (broad SMARTS) is 1. The molecule has 0 aliphatic heterocycles. The number of carbonyl (C=O) groups excluding carboxylic acids is 3. The third-order valence-corrected chi connectivity index (χ3v) is 10.0. The molecule has 0 radical (unpaired) electrons. The number of ether oxygens (including phenoxy) is 3. The van der Waals surface area contributed by atoms with Crippen molar-refractivity contribution in [1.82, 2.24) is 0 Å². The molecule has 0 rings (SSSR count). The number of aliphatic carboxylic acids is 1. The lowest BCUT2D eigenvalue weighted by Gasteiger charge is -2.34. The third kappa shape index (κ3) is 39.9. The van der Waals surface area contributed by atoms with Crippen LogP contribution in [0.4, 0.5) is 0 Å². The van der Waals surface area contributed by atoms with Gasteiger partial charge in [0.25, 0.3) is 0 Å². The van der Waals surface area contributed by atoms with Crippen molar-refractivity contribution in [3.63, 3.8) is 0 Å². The largest absolute Gasteiger partial charge is 0.544 e. The van der Waals surface area contributed by atoms with E-state index in [1.165, 1.54) is 38.5 Å². The van der Waals surface area contributed by atoms with Crippen LogP contribution in [0.1, 0.15) is 174 Å². The van der Waals surface area contributed by atoms with Crippen LogP contribution >= 0.6 is 0 Å². The fraction of sp³-hybridized carbons (Fsp3) is 0.673. The maximum Gasteiger partial charge on any atom is 0.306 e. The maximum absolute atomic E-state index is 12.7. The highest BCUT2D eigenvalue weighted by Crippen LogP contribution is 2.12. The first kappa shape index (κ1) is 56.5. The van der Waals surface area contributed by atoms with Gasteiger partial charge in [0, 0.05) is 19.3 Å². The molecule has 0 aromatic rings. The molecule has 2 unspecified atom stereocenters. The van der Waals surface area contributed by atoms with Gasteiger partial charge in [-0.1, -0.05) is 150 Å². The summed E-state index contributed by atoms with van der Waals surface area (Å²) in [7, 11) is 5.39. The van der Waals surface area contributed by atoms with E-state index in [0.717, 1.165) is 103 Å². The molecule has 0 fully saturated rings. The first-order valence-corrected chi connectivity index (χ1v) is 23.6. The van der Waals surface area contributed by atoms with Crippen LogP contribution in [-0.4, -0.2) is 75.5 Å². The van der Waals surface area contributed by atoms with Crippen LogP contribution in [0.2, 0.25) is 0 Å². The average Bonchev–Trinajstić information content (AvgIpc) is 3.21. The number of rotatable bonds is 41. The fourth-order valence-corrected chi connectivity index (χ4v) is 6.36. The van der Waals surface area contributed by atoms with E-state index >= 15 is 0 Å². The fourth-order valence-electron chi connectivity index (χ4n) is 6.36. The number of quaternary nitrogens is 1. The quantitative estimate of drug-likeness (QED) is 0.0261. The molecule has 342 valence electrons. The highest BCUT2D eigenvalue weighted by Gasteiger charge is 2.25. The zero-order valence-corrected chi connectivity index (χ0v) is 38.8. The second-order valence-electron chi connectivity index (χ2n) is 16.6. The molecule has 0 aromatic carbocycles. The maximum atomic E-state index is 12.7. The summed E-state index contributed by atoms with van der Waals surface area (Å²) in [6, 6.07) is -0.736. The predicted molar refractivity (Wildman–Crippen MR) is 249 cm³/mol. The highest BCUT2D eigenvalue weighted by atomic mass is 16.6. The van der Waals surface area contributed by atoms with Crippen molar-refractivity contribution in [2.45, 2.75) is 187 Å². The standard InChI is InChI=1S/C52H87NO7/c1-6-8-10-12-14-16-18-20-21-22-23-24-25-26-27-28-29-31-32-34-36-38-40-42-50(54)59-47-48(46-58-45-44-49(52(56)57)53(3,4)5)60-51(55)43-41-39-37-35-33-30-19-17-15-13-11-9-7-2/h8,10,14,16,20-21,23-24,26-27,29-31,33,48-49H,6-7,9,11-13,15,17-19,22,25,28,32,34-47H2,1-5H3/b10-8+,16-14+,21-20+,24-23+,27-26+,31-29+,33-30+. The summed E-state index contributed by atoms with van der Waals surface area (Å²) < 4.78 is 17.1. The monoisotopic (exact) mass is 838 g/mol. The molecule has 0 saturated heterocycles. The summed E-state index contributed by atoms with van der Waals surface area (Å²) in [4.78, 5) is 36.9. The number of carboxylic acids is 1. The Labute approximate surface area is 367 Å². The van der Waals surface area contributed by atoms with Gasteiger partial charge < -0.3 is 28.6 Å². The van der Waals surface area contributed by atoms with Crippen LogP contribution in [0.3, 0.4) is 0 Å². The number of nitrogens with zero attached hydrogens (tertiary/aromatic N) is 1. The zero-order valence-electron chi connectivity index (χ0n) is 38.8. The van der Waals surface area contributed by atoms with E-state index in [-0.39, 0.29) is 42.7 Å². The van der Waals surface area contributed by atoms with Crippen molar-refractivity contribution >= 4 is 17.9 Å². The van der Waals surface area contributed by atoms with Gasteiger partial charge in [-0.3, -0.25) is 9.59 Å². The molecular formula is C52H87NO7. The van der Waals surface area contributed by atoms with E-state index in [1.54, 1.807) is 21.1 Å². The minimum atomic E-state index is -1.13. The summed E-state index contributed by atoms with van der Waals surface area (Å²) in [5, 5.41) is 11.6. The number of hydrogen-bond donors (Lipinski definition) is 0. The van der Waals surface area contributed by atoms with Gasteiger partial charge in [-0.2, -0.15) is 0 Å². The summed E-state index contributed by atoms with van der Waals surface area (Å²) >= 11 is 0. The van der Waals surface area contributed by atoms with Gasteiger partial charge in [0.05, 0.1) is 40.3 Å². The molecule has 0 spiro atoms. The predicted octanol–water partition coefficient (Wildman–Crippen LogP) is 12.0. The third-order valence-electron chi connectivity index (χ3n) is 10.0. The van der Waals surface area contributed by atoms with Gasteiger partial charge in [-0.15, -0.1) is 0 Å². The molecule has 0 aliphatic carbocycles. The van der Waals surface area contributed by atoms with Crippen LogP contribution in [-0.2, 0) is 28.6 Å². The molecule has 0 heterocycles. The highest BCUT2D eigenvalue weighted by molar-refractivity contribution is 5.70. The lowest BCUT2D eigenvalue weighted by atomic mass is 10.1. The molecular weight excluding hydrogens is 751 g/mol. The number of esters is 2. The van der Waals surface area contributed by atoms with Crippen molar-refractivity contribution < 1.29 is 38.2 Å². The van der Waals surface area contributed by atoms with Crippen LogP contribution in [0.15, 0.2) is 85.1 Å². The lowest BCUT2D eigenvalue weighted by Crippen LogP contribution is -2.55. The molecule has 60 heavy (non-hydrogen) atoms. The molecule has 0 aliphatic rings. The van der Waals surface area contributed by atoms with Crippen LogP contribution in [0.5, 0.6) is 0 Å². The van der Waals surface area contributed by atoms with Crippen LogP contribution in [0.25, 0.3) is 0 Å². The van der Waals surface area contributed by atoms with Crippen molar-refractivity contribution in [1.29, 1.82) is 0 Å². The molecule has 8 heteroatoms. The summed E-state index contributed by atoms with van der Waals surface area (Å²) in [5.74, 6) is -1.80. The van der Waals surface area contributed by atoms with E-state index < -0.39 is 18.1 Å². The number of hydrogen-bond acceptors (Lipinski definition) is 7. The average molecular weight is 838 g/mol. The SMILES string of the molecule is CC/C=C/C/C=C/C/C=C/C/C=C/C/C=C/C/C=C/CCCCCCC(=O)OCC(COCCC(C(=O)[O-])[N+](C)(C)C)OC(=O)CCCCC/C=C/CCCCCCCC. The van der Waals surface area contributed by atoms with Gasteiger partial charge in [0.2, 0.25) is 0 Å². The number of carbonyl (C=O) groups is 3. The van der Waals surface area contributed by atoms with E-state index in [9.17, 15) is 19.5 Å². The van der Waals surface area contributed by atoms with Gasteiger partial charge in [0.15, 0.2) is 6.10 Å². The van der Waals surface area contributed by atoms with Crippen molar-refractivity contribution in [2.24, 2.45) is 0 Å². The smallest absolute Gasteiger partial charge is 0.306 e. The first-order valence-electron chi connectivity index (χ1n) is 23.6. The first-order chi connectivity index (χ1) is 29.1. The normalized spacial score (nSPS) is 13.7. The Balaban J connectivity index is 4.36. The Kier molecular flexibility index (Phi) is 39.8. The molecule has 0 saturated carbocycles. The van der Waals surface area contributed by atoms with Crippen molar-refractivity contribution in [3.8, 4) is 0 Å². The number of likely N-dealkylation sites (N-methyl/N-ethyl adjacent to an activating group) is 1. The van der Waals surface area contributed by atoms with Gasteiger partial charge in [-0.05, 0) is 89.9 Å². The Morgan fingerprint density at radius 2 is 0.933 bits per heavy atom. The number of unbranched alkanes of at least 4 members (excludes halogenated alkanes) is 13. The molecule has 0 N–H and O–H groups in total. The Bertz CT molecular complexity index is 1250. The van der Waals surface area contributed by atoms with Crippen molar-refractivity contribution in [2.75, 3.05) is 41.0 Å². The second-order valence-corrected chi connectivity index (χ2v) is 16.6.